The highest BCUT2D eigenvalue weighted by Gasteiger charge is 2.22. The lowest BCUT2D eigenvalue weighted by molar-refractivity contribution is -0.120. The molecule has 0 aliphatic heterocycles. The third kappa shape index (κ3) is 4.99. The molecule has 1 heterocycles. The fourth-order valence-corrected chi connectivity index (χ4v) is 3.59. The Balaban J connectivity index is 1.81. The molecule has 150 valence electrons. The number of hydrogen-bond donors (Lipinski definition) is 2. The van der Waals surface area contributed by atoms with Crippen molar-refractivity contribution in [2.45, 2.75) is 44.6 Å². The summed E-state index contributed by atoms with van der Waals surface area (Å²) in [6, 6.07) is 14.4. The molecule has 0 aliphatic rings. The predicted octanol–water partition coefficient (Wildman–Crippen LogP) is 4.50. The molecule has 29 heavy (non-hydrogen) atoms. The van der Waals surface area contributed by atoms with Crippen LogP contribution in [0.1, 0.15) is 48.9 Å². The van der Waals surface area contributed by atoms with Gasteiger partial charge in [0, 0.05) is 10.8 Å². The van der Waals surface area contributed by atoms with Gasteiger partial charge in [-0.2, -0.15) is 0 Å². The molecule has 3 rings (SSSR count). The number of nitrogens with zero attached hydrogens (tertiary/aromatic N) is 1. The minimum absolute atomic E-state index is 0.296. The van der Waals surface area contributed by atoms with E-state index in [1.54, 1.807) is 0 Å². The summed E-state index contributed by atoms with van der Waals surface area (Å²) in [5.74, 6) is -0.803. The molecule has 3 N–H and O–H groups in total. The maximum Gasteiger partial charge on any atom is 0.253 e. The van der Waals surface area contributed by atoms with Crippen molar-refractivity contribution in [1.82, 2.24) is 10.3 Å². The number of aromatic nitrogens is 1. The number of nitrogens with one attached hydrogen (secondary N) is 1. The van der Waals surface area contributed by atoms with Crippen LogP contribution in [-0.4, -0.2) is 22.8 Å². The number of fused-ring (bicyclic) bond motifs is 2. The van der Waals surface area contributed by atoms with Gasteiger partial charge in [0.15, 0.2) is 0 Å². The molecule has 1 aromatic heterocycles. The molecule has 5 nitrogen and oxygen atoms in total. The Morgan fingerprint density at radius 2 is 1.55 bits per heavy atom. The molecule has 0 bridgehead atoms. The largest absolute Gasteiger partial charge is 0.368 e. The van der Waals surface area contributed by atoms with E-state index >= 15 is 0 Å². The SMILES string of the molecule is C=CCCCCCC[C@H](NC(=O)c1c2ccccc2nc2ccccc12)C(N)=O. The van der Waals surface area contributed by atoms with Crippen LogP contribution < -0.4 is 11.1 Å². The van der Waals surface area contributed by atoms with Gasteiger partial charge in [0.2, 0.25) is 5.91 Å². The number of para-hydroxylation sites is 2. The number of allylic oxidation sites excluding steroid dienone is 1. The third-order valence-corrected chi connectivity index (χ3v) is 5.11. The van der Waals surface area contributed by atoms with Gasteiger partial charge in [-0.15, -0.1) is 6.58 Å². The zero-order chi connectivity index (χ0) is 20.6. The van der Waals surface area contributed by atoms with E-state index in [1.807, 2.05) is 54.6 Å². The van der Waals surface area contributed by atoms with Gasteiger partial charge in [0.05, 0.1) is 16.6 Å². The van der Waals surface area contributed by atoms with Crippen molar-refractivity contribution in [2.75, 3.05) is 0 Å². The second-order valence-corrected chi connectivity index (χ2v) is 7.23. The number of pyridine rings is 1. The Labute approximate surface area is 171 Å². The summed E-state index contributed by atoms with van der Waals surface area (Å²) in [5, 5.41) is 4.38. The van der Waals surface area contributed by atoms with Gasteiger partial charge >= 0.3 is 0 Å². The Hall–Kier alpha value is -3.21. The number of rotatable bonds is 10. The number of carbonyl (C=O) groups excluding carboxylic acids is 2. The van der Waals surface area contributed by atoms with Crippen LogP contribution in [0.2, 0.25) is 0 Å². The summed E-state index contributed by atoms with van der Waals surface area (Å²) >= 11 is 0. The number of benzene rings is 2. The third-order valence-electron chi connectivity index (χ3n) is 5.11. The van der Waals surface area contributed by atoms with E-state index in [1.165, 1.54) is 0 Å². The first-order valence-corrected chi connectivity index (χ1v) is 10.1. The molecule has 0 fully saturated rings. The maximum atomic E-state index is 13.2. The Morgan fingerprint density at radius 3 is 2.14 bits per heavy atom. The smallest absolute Gasteiger partial charge is 0.253 e. The quantitative estimate of drug-likeness (QED) is 0.304. The number of unbranched alkanes of at least 4 members (excludes halogenated alkanes) is 4. The van der Waals surface area contributed by atoms with Gasteiger partial charge in [-0.25, -0.2) is 4.98 Å². The van der Waals surface area contributed by atoms with Crippen LogP contribution >= 0.6 is 0 Å². The van der Waals surface area contributed by atoms with E-state index in [-0.39, 0.29) is 5.91 Å². The van der Waals surface area contributed by atoms with E-state index in [0.717, 1.165) is 53.9 Å². The number of nitrogens with two attached hydrogens (primary N) is 1. The van der Waals surface area contributed by atoms with Crippen LogP contribution in [-0.2, 0) is 4.79 Å². The van der Waals surface area contributed by atoms with E-state index in [9.17, 15) is 9.59 Å². The number of amides is 2. The van der Waals surface area contributed by atoms with Gasteiger partial charge in [-0.3, -0.25) is 9.59 Å². The normalized spacial score (nSPS) is 12.0. The average molecular weight is 389 g/mol. The standard InChI is InChI=1S/C24H27N3O2/c1-2-3-4-5-6-7-16-21(23(25)28)27-24(29)22-17-12-8-10-14-19(17)26-20-15-11-9-13-18(20)22/h2,8-15,21H,1,3-7,16H2,(H2,25,28)(H,27,29)/t21-/m0/s1. The van der Waals surface area contributed by atoms with Crippen molar-refractivity contribution in [1.29, 1.82) is 0 Å². The second kappa shape index (κ2) is 9.82. The number of carbonyl (C=O) groups is 2. The lowest BCUT2D eigenvalue weighted by Crippen LogP contribution is -2.44. The topological polar surface area (TPSA) is 85.1 Å². The Bertz CT molecular complexity index is 975. The second-order valence-electron chi connectivity index (χ2n) is 7.23. The first-order chi connectivity index (χ1) is 14.1. The lowest BCUT2D eigenvalue weighted by Gasteiger charge is -2.17. The number of primary amides is 1. The van der Waals surface area contributed by atoms with Gasteiger partial charge in [0.25, 0.3) is 5.91 Å². The zero-order valence-electron chi connectivity index (χ0n) is 16.6. The molecular weight excluding hydrogens is 362 g/mol. The molecule has 0 saturated heterocycles. The number of hydrogen-bond acceptors (Lipinski definition) is 3. The fraction of sp³-hybridized carbons (Fsp3) is 0.292. The summed E-state index contributed by atoms with van der Waals surface area (Å²) in [4.78, 5) is 29.8. The van der Waals surface area contributed by atoms with Crippen LogP contribution in [0.4, 0.5) is 0 Å². The lowest BCUT2D eigenvalue weighted by atomic mass is 10.0. The molecular formula is C24H27N3O2. The van der Waals surface area contributed by atoms with Gasteiger partial charge in [0.1, 0.15) is 6.04 Å². The molecule has 0 spiro atoms. The first kappa shape index (κ1) is 20.5. The molecule has 2 aromatic carbocycles. The van der Waals surface area contributed by atoms with Gasteiger partial charge in [-0.05, 0) is 31.4 Å². The van der Waals surface area contributed by atoms with E-state index in [2.05, 4.69) is 16.9 Å². The molecule has 0 aliphatic carbocycles. The van der Waals surface area contributed by atoms with E-state index in [4.69, 9.17) is 5.73 Å². The van der Waals surface area contributed by atoms with Crippen LogP contribution in [0.3, 0.4) is 0 Å². The Morgan fingerprint density at radius 1 is 0.966 bits per heavy atom. The van der Waals surface area contributed by atoms with Crippen molar-refractivity contribution in [3.63, 3.8) is 0 Å². The molecule has 2 amide bonds. The predicted molar refractivity (Wildman–Crippen MR) is 118 cm³/mol. The van der Waals surface area contributed by atoms with Crippen molar-refractivity contribution in [3.8, 4) is 0 Å². The molecule has 0 radical (unpaired) electrons. The van der Waals surface area contributed by atoms with Crippen LogP contribution in [0.15, 0.2) is 61.2 Å². The monoisotopic (exact) mass is 389 g/mol. The van der Waals surface area contributed by atoms with Crippen LogP contribution in [0, 0.1) is 0 Å². The van der Waals surface area contributed by atoms with Gasteiger partial charge < -0.3 is 11.1 Å². The zero-order valence-corrected chi connectivity index (χ0v) is 16.6. The highest BCUT2D eigenvalue weighted by Crippen LogP contribution is 2.26. The highest BCUT2D eigenvalue weighted by atomic mass is 16.2. The molecule has 0 unspecified atom stereocenters. The van der Waals surface area contributed by atoms with E-state index in [0.29, 0.717) is 12.0 Å². The van der Waals surface area contributed by atoms with Crippen molar-refractivity contribution < 1.29 is 9.59 Å². The summed E-state index contributed by atoms with van der Waals surface area (Å²) in [6.45, 7) is 3.72. The van der Waals surface area contributed by atoms with Crippen LogP contribution in [0.25, 0.3) is 21.8 Å². The minimum Gasteiger partial charge on any atom is -0.368 e. The molecule has 5 heteroatoms. The van der Waals surface area contributed by atoms with Crippen LogP contribution in [0.5, 0.6) is 0 Å². The van der Waals surface area contributed by atoms with Crippen molar-refractivity contribution in [3.05, 3.63) is 66.7 Å². The Kier molecular flexibility index (Phi) is 6.95. The molecule has 1 atom stereocenters. The summed E-state index contributed by atoms with van der Waals surface area (Å²) in [7, 11) is 0. The van der Waals surface area contributed by atoms with Gasteiger partial charge in [-0.1, -0.05) is 61.7 Å². The highest BCUT2D eigenvalue weighted by molar-refractivity contribution is 6.16. The average Bonchev–Trinajstić information content (AvgIpc) is 2.73. The summed E-state index contributed by atoms with van der Waals surface area (Å²) in [6.07, 6.45) is 7.44. The molecule has 0 saturated carbocycles. The summed E-state index contributed by atoms with van der Waals surface area (Å²) < 4.78 is 0. The maximum absolute atomic E-state index is 13.2. The first-order valence-electron chi connectivity index (χ1n) is 10.1. The summed E-state index contributed by atoms with van der Waals surface area (Å²) in [5.41, 5.74) is 7.59. The fourth-order valence-electron chi connectivity index (χ4n) is 3.59. The van der Waals surface area contributed by atoms with Crippen molar-refractivity contribution >= 4 is 33.6 Å². The minimum atomic E-state index is -0.687. The molecule has 3 aromatic rings. The van der Waals surface area contributed by atoms with E-state index < -0.39 is 11.9 Å². The van der Waals surface area contributed by atoms with Crippen molar-refractivity contribution in [2.24, 2.45) is 5.73 Å².